The van der Waals surface area contributed by atoms with Gasteiger partial charge in [0, 0.05) is 20.1 Å². The molecular weight excluding hydrogens is 317 g/mol. The molecule has 0 aliphatic carbocycles. The number of amidine groups is 1. The number of aliphatic imine (C=N–C) groups is 1. The normalized spacial score (nSPS) is 23.0. The molecule has 1 amide bonds. The number of carbonyl (C=O) groups excluding carboxylic acids is 1. The number of alkyl halides is 2. The number of halogens is 3. The van der Waals surface area contributed by atoms with Crippen molar-refractivity contribution in [3.05, 3.63) is 29.3 Å². The molecule has 1 aliphatic rings. The summed E-state index contributed by atoms with van der Waals surface area (Å²) in [6.45, 7) is -1.28. The molecule has 0 spiro atoms. The fourth-order valence-corrected chi connectivity index (χ4v) is 2.29. The zero-order chi connectivity index (χ0) is 17.3. The predicted octanol–water partition coefficient (Wildman–Crippen LogP) is 0.532. The quantitative estimate of drug-likeness (QED) is 0.817. The molecule has 7 nitrogen and oxygen atoms in total. The number of amides is 1. The monoisotopic (exact) mass is 332 g/mol. The van der Waals surface area contributed by atoms with E-state index < -0.39 is 47.9 Å². The number of pyridine rings is 1. The van der Waals surface area contributed by atoms with Crippen LogP contribution in [0.2, 0.25) is 0 Å². The third-order valence-electron chi connectivity index (χ3n) is 3.47. The number of nitrogens with two attached hydrogens (primary N) is 2. The lowest BCUT2D eigenvalue weighted by molar-refractivity contribution is -0.131. The molecule has 1 aromatic rings. The molecule has 1 atom stereocenters. The second kappa shape index (κ2) is 6.03. The van der Waals surface area contributed by atoms with Crippen molar-refractivity contribution in [3.8, 4) is 0 Å². The van der Waals surface area contributed by atoms with Gasteiger partial charge in [0.15, 0.2) is 12.1 Å². The highest BCUT2D eigenvalue weighted by Crippen LogP contribution is 2.46. The van der Waals surface area contributed by atoms with Gasteiger partial charge in [-0.1, -0.05) is 0 Å². The van der Waals surface area contributed by atoms with Crippen molar-refractivity contribution in [2.45, 2.75) is 17.9 Å². The topological polar surface area (TPSA) is 113 Å². The van der Waals surface area contributed by atoms with Gasteiger partial charge in [-0.15, -0.1) is 0 Å². The first-order valence-electron chi connectivity index (χ1n) is 6.55. The van der Waals surface area contributed by atoms with E-state index in [4.69, 9.17) is 16.2 Å². The van der Waals surface area contributed by atoms with E-state index >= 15 is 0 Å². The van der Waals surface area contributed by atoms with Crippen LogP contribution in [0, 0.1) is 5.82 Å². The van der Waals surface area contributed by atoms with Crippen LogP contribution in [-0.2, 0) is 15.0 Å². The third-order valence-corrected chi connectivity index (χ3v) is 3.47. The molecule has 0 radical (unpaired) electrons. The number of primary amides is 1. The molecule has 0 saturated carbocycles. The van der Waals surface area contributed by atoms with Crippen molar-refractivity contribution in [1.82, 2.24) is 4.98 Å². The molecular formula is C13H15F3N4O3. The molecule has 0 saturated heterocycles. The van der Waals surface area contributed by atoms with Gasteiger partial charge < -0.3 is 20.9 Å². The number of nitrogens with zero attached hydrogens (tertiary/aromatic N) is 2. The van der Waals surface area contributed by atoms with Gasteiger partial charge in [-0.2, -0.15) is 8.78 Å². The summed E-state index contributed by atoms with van der Waals surface area (Å²) in [5, 5.41) is 0. The second-order valence-corrected chi connectivity index (χ2v) is 4.94. The molecule has 23 heavy (non-hydrogen) atoms. The smallest absolute Gasteiger partial charge is 0.312 e. The summed E-state index contributed by atoms with van der Waals surface area (Å²) >= 11 is 0. The van der Waals surface area contributed by atoms with Crippen LogP contribution < -0.4 is 11.5 Å². The Morgan fingerprint density at radius 3 is 2.78 bits per heavy atom. The lowest BCUT2D eigenvalue weighted by atomic mass is 9.83. The van der Waals surface area contributed by atoms with Gasteiger partial charge in [0.25, 0.3) is 11.9 Å². The predicted molar refractivity (Wildman–Crippen MR) is 73.4 cm³/mol. The largest absolute Gasteiger partial charge is 0.459 e. The zero-order valence-corrected chi connectivity index (χ0v) is 12.2. The summed E-state index contributed by atoms with van der Waals surface area (Å²) in [4.78, 5) is 18.5. The first-order chi connectivity index (χ1) is 10.7. The van der Waals surface area contributed by atoms with Gasteiger partial charge in [0.05, 0.1) is 0 Å². The van der Waals surface area contributed by atoms with Crippen molar-refractivity contribution in [2.75, 3.05) is 20.3 Å². The maximum absolute atomic E-state index is 14.6. The van der Waals surface area contributed by atoms with Gasteiger partial charge in [-0.3, -0.25) is 4.79 Å². The molecule has 4 N–H and O–H groups in total. The van der Waals surface area contributed by atoms with E-state index in [1.54, 1.807) is 0 Å². The first kappa shape index (κ1) is 17.0. The van der Waals surface area contributed by atoms with Crippen LogP contribution in [0.3, 0.4) is 0 Å². The molecule has 0 bridgehead atoms. The Morgan fingerprint density at radius 2 is 2.17 bits per heavy atom. The summed E-state index contributed by atoms with van der Waals surface area (Å²) in [5.41, 5.74) is 6.92. The van der Waals surface area contributed by atoms with Crippen molar-refractivity contribution in [3.63, 3.8) is 0 Å². The number of methoxy groups -OCH3 is 1. The SMILES string of the molecule is COCC[C@]1(c2nc(C(N)=O)ccc2F)N=C(N)OCC1(F)F. The molecule has 0 unspecified atom stereocenters. The fourth-order valence-electron chi connectivity index (χ4n) is 2.29. The van der Waals surface area contributed by atoms with E-state index in [0.29, 0.717) is 0 Å². The fraction of sp³-hybridized carbons (Fsp3) is 0.462. The van der Waals surface area contributed by atoms with Crippen molar-refractivity contribution in [1.29, 1.82) is 0 Å². The summed E-state index contributed by atoms with van der Waals surface area (Å²) in [7, 11) is 1.29. The number of aromatic nitrogens is 1. The molecule has 2 heterocycles. The highest BCUT2D eigenvalue weighted by Gasteiger charge is 2.60. The van der Waals surface area contributed by atoms with Crippen LogP contribution in [0.4, 0.5) is 13.2 Å². The van der Waals surface area contributed by atoms with Crippen LogP contribution in [0.25, 0.3) is 0 Å². The van der Waals surface area contributed by atoms with E-state index in [9.17, 15) is 18.0 Å². The van der Waals surface area contributed by atoms with E-state index in [-0.39, 0.29) is 12.3 Å². The third kappa shape index (κ3) is 2.93. The standard InChI is InChI=1S/C13H15F3N4O3/c1-22-5-4-12(13(15,16)6-23-11(18)20-12)9-7(14)2-3-8(19-9)10(17)21/h2-3H,4-6H2,1H3,(H2,17,21)(H2,18,20)/t12-/m1/s1. The van der Waals surface area contributed by atoms with Crippen molar-refractivity contribution in [2.24, 2.45) is 16.5 Å². The summed E-state index contributed by atoms with van der Waals surface area (Å²) in [6.07, 6.45) is -0.424. The minimum absolute atomic E-state index is 0.172. The van der Waals surface area contributed by atoms with E-state index in [2.05, 4.69) is 14.7 Å². The molecule has 0 aromatic carbocycles. The Balaban J connectivity index is 2.70. The zero-order valence-electron chi connectivity index (χ0n) is 12.2. The maximum Gasteiger partial charge on any atom is 0.312 e. The van der Waals surface area contributed by atoms with Crippen molar-refractivity contribution < 1.29 is 27.4 Å². The Hall–Kier alpha value is -2.36. The van der Waals surface area contributed by atoms with Crippen LogP contribution in [0.1, 0.15) is 22.6 Å². The first-order valence-corrected chi connectivity index (χ1v) is 6.55. The molecule has 1 aromatic heterocycles. The van der Waals surface area contributed by atoms with Crippen LogP contribution in [-0.4, -0.2) is 43.2 Å². The Labute approximate surface area is 129 Å². The molecule has 2 rings (SSSR count). The Kier molecular flexibility index (Phi) is 4.46. The van der Waals surface area contributed by atoms with Gasteiger partial charge in [-0.25, -0.2) is 14.4 Å². The minimum Gasteiger partial charge on any atom is -0.459 e. The van der Waals surface area contributed by atoms with Gasteiger partial charge >= 0.3 is 5.92 Å². The average molecular weight is 332 g/mol. The highest BCUT2D eigenvalue weighted by molar-refractivity contribution is 5.90. The molecule has 10 heteroatoms. The van der Waals surface area contributed by atoms with Crippen LogP contribution in [0.15, 0.2) is 17.1 Å². The average Bonchev–Trinajstić information content (AvgIpc) is 2.48. The highest BCUT2D eigenvalue weighted by atomic mass is 19.3. The number of hydrogen-bond donors (Lipinski definition) is 2. The maximum atomic E-state index is 14.6. The van der Waals surface area contributed by atoms with Gasteiger partial charge in [0.2, 0.25) is 0 Å². The number of hydrogen-bond acceptors (Lipinski definition) is 6. The van der Waals surface area contributed by atoms with Crippen LogP contribution in [0.5, 0.6) is 0 Å². The van der Waals surface area contributed by atoms with Crippen LogP contribution >= 0.6 is 0 Å². The van der Waals surface area contributed by atoms with E-state index in [1.807, 2.05) is 0 Å². The summed E-state index contributed by atoms with van der Waals surface area (Å²) in [6, 6.07) is 1.29. The molecule has 1 aliphatic heterocycles. The lowest BCUT2D eigenvalue weighted by Crippen LogP contribution is -2.54. The van der Waals surface area contributed by atoms with Crippen molar-refractivity contribution >= 4 is 11.9 Å². The van der Waals surface area contributed by atoms with Gasteiger partial charge in [0.1, 0.15) is 17.2 Å². The number of ether oxygens (including phenoxy) is 2. The van der Waals surface area contributed by atoms with Gasteiger partial charge in [-0.05, 0) is 12.1 Å². The molecule has 126 valence electrons. The molecule has 0 fully saturated rings. The minimum atomic E-state index is -3.63. The lowest BCUT2D eigenvalue weighted by Gasteiger charge is -2.39. The van der Waals surface area contributed by atoms with E-state index in [0.717, 1.165) is 12.1 Å². The number of carbonyl (C=O) groups is 1. The summed E-state index contributed by atoms with van der Waals surface area (Å²) in [5.74, 6) is -5.68. The second-order valence-electron chi connectivity index (χ2n) is 4.94. The summed E-state index contributed by atoms with van der Waals surface area (Å²) < 4.78 is 52.7. The van der Waals surface area contributed by atoms with E-state index in [1.165, 1.54) is 7.11 Å². The number of rotatable bonds is 5. The Bertz CT molecular complexity index is 653. The Morgan fingerprint density at radius 1 is 1.48 bits per heavy atom.